The van der Waals surface area contributed by atoms with E-state index in [0.29, 0.717) is 25.3 Å². The Morgan fingerprint density at radius 2 is 1.38 bits per heavy atom. The lowest BCUT2D eigenvalue weighted by Crippen LogP contribution is -2.15. The van der Waals surface area contributed by atoms with E-state index in [1.807, 2.05) is 62.4 Å². The molecule has 2 rings (SSSR count). The van der Waals surface area contributed by atoms with Crippen molar-refractivity contribution in [2.75, 3.05) is 23.8 Å². The van der Waals surface area contributed by atoms with Crippen molar-refractivity contribution in [3.8, 4) is 0 Å². The van der Waals surface area contributed by atoms with Crippen molar-refractivity contribution in [3.05, 3.63) is 59.7 Å². The summed E-state index contributed by atoms with van der Waals surface area (Å²) in [5, 5.41) is 5.54. The number of unbranched alkanes of at least 4 members (excludes halogenated alkanes) is 2. The highest BCUT2D eigenvalue weighted by Crippen LogP contribution is 2.20. The molecule has 6 heteroatoms. The van der Waals surface area contributed by atoms with Gasteiger partial charge in [-0.2, -0.15) is 0 Å². The van der Waals surface area contributed by atoms with Crippen molar-refractivity contribution < 1.29 is 19.1 Å². The fraction of sp³-hybridized carbons (Fsp3) is 0.391. The molecule has 0 aliphatic carbocycles. The van der Waals surface area contributed by atoms with Crippen LogP contribution in [-0.2, 0) is 15.9 Å². The van der Waals surface area contributed by atoms with Gasteiger partial charge in [-0.15, -0.1) is 0 Å². The van der Waals surface area contributed by atoms with Crippen LogP contribution in [0.25, 0.3) is 0 Å². The van der Waals surface area contributed by atoms with Gasteiger partial charge >= 0.3 is 12.2 Å². The Morgan fingerprint density at radius 3 is 2.00 bits per heavy atom. The van der Waals surface area contributed by atoms with Gasteiger partial charge in [-0.1, -0.05) is 57.0 Å². The molecule has 2 aromatic carbocycles. The van der Waals surface area contributed by atoms with Crippen molar-refractivity contribution >= 4 is 23.6 Å². The van der Waals surface area contributed by atoms with E-state index in [1.165, 1.54) is 0 Å². The second kappa shape index (κ2) is 12.4. The monoisotopic (exact) mass is 398 g/mol. The van der Waals surface area contributed by atoms with Gasteiger partial charge in [0.25, 0.3) is 0 Å². The first-order valence-electron chi connectivity index (χ1n) is 10.2. The number of amides is 2. The topological polar surface area (TPSA) is 76.7 Å². The predicted molar refractivity (Wildman–Crippen MR) is 115 cm³/mol. The molecule has 2 aromatic rings. The van der Waals surface area contributed by atoms with E-state index in [0.717, 1.165) is 42.5 Å². The molecular weight excluding hydrogens is 368 g/mol. The minimum absolute atomic E-state index is 0.417. The average molecular weight is 399 g/mol. The summed E-state index contributed by atoms with van der Waals surface area (Å²) in [5.41, 5.74) is 3.46. The van der Waals surface area contributed by atoms with Gasteiger partial charge in [0.15, 0.2) is 0 Å². The Bertz CT molecular complexity index is 775. The zero-order valence-electron chi connectivity index (χ0n) is 17.2. The second-order valence-corrected chi connectivity index (χ2v) is 6.76. The molecule has 0 heterocycles. The SMILES string of the molecule is CCCCOC(=O)Nc1ccc(Cc2ccccc2NC(=O)OCCCC)cc1. The van der Waals surface area contributed by atoms with Crippen molar-refractivity contribution in [3.63, 3.8) is 0 Å². The molecule has 0 saturated carbocycles. The molecule has 156 valence electrons. The normalized spacial score (nSPS) is 10.3. The van der Waals surface area contributed by atoms with Gasteiger partial charge in [0.1, 0.15) is 0 Å². The van der Waals surface area contributed by atoms with Crippen LogP contribution in [0.2, 0.25) is 0 Å². The maximum absolute atomic E-state index is 11.9. The first-order chi connectivity index (χ1) is 14.1. The molecule has 0 aliphatic rings. The zero-order chi connectivity index (χ0) is 20.9. The molecule has 2 N–H and O–H groups in total. The van der Waals surface area contributed by atoms with Gasteiger partial charge in [-0.25, -0.2) is 9.59 Å². The number of hydrogen-bond acceptors (Lipinski definition) is 4. The Labute approximate surface area is 172 Å². The van der Waals surface area contributed by atoms with E-state index >= 15 is 0 Å². The number of carbonyl (C=O) groups is 2. The van der Waals surface area contributed by atoms with E-state index in [4.69, 9.17) is 9.47 Å². The summed E-state index contributed by atoms with van der Waals surface area (Å²) >= 11 is 0. The molecule has 0 spiro atoms. The van der Waals surface area contributed by atoms with E-state index in [-0.39, 0.29) is 0 Å². The zero-order valence-corrected chi connectivity index (χ0v) is 17.2. The van der Waals surface area contributed by atoms with Crippen LogP contribution < -0.4 is 10.6 Å². The summed E-state index contributed by atoms with van der Waals surface area (Å²) in [5.74, 6) is 0. The van der Waals surface area contributed by atoms with Crippen LogP contribution in [0, 0.1) is 0 Å². The van der Waals surface area contributed by atoms with Gasteiger partial charge in [0, 0.05) is 11.4 Å². The molecule has 2 amide bonds. The lowest BCUT2D eigenvalue weighted by atomic mass is 10.0. The number of nitrogens with one attached hydrogen (secondary N) is 2. The fourth-order valence-electron chi connectivity index (χ4n) is 2.64. The smallest absolute Gasteiger partial charge is 0.411 e. The van der Waals surface area contributed by atoms with Gasteiger partial charge in [0.05, 0.1) is 13.2 Å². The highest BCUT2D eigenvalue weighted by Gasteiger charge is 2.09. The lowest BCUT2D eigenvalue weighted by molar-refractivity contribution is 0.159. The van der Waals surface area contributed by atoms with Gasteiger partial charge < -0.3 is 9.47 Å². The van der Waals surface area contributed by atoms with E-state index in [2.05, 4.69) is 10.6 Å². The van der Waals surface area contributed by atoms with Crippen LogP contribution in [0.1, 0.15) is 50.7 Å². The van der Waals surface area contributed by atoms with Crippen LogP contribution in [0.3, 0.4) is 0 Å². The standard InChI is InChI=1S/C23H30N2O4/c1-3-5-15-28-22(26)24-20-13-11-18(12-14-20)17-19-9-7-8-10-21(19)25-23(27)29-16-6-4-2/h7-14H,3-6,15-17H2,1-2H3,(H,24,26)(H,25,27). The number of carbonyl (C=O) groups excluding carboxylic acids is 2. The molecule has 29 heavy (non-hydrogen) atoms. The quantitative estimate of drug-likeness (QED) is 0.483. The third kappa shape index (κ3) is 8.25. The summed E-state index contributed by atoms with van der Waals surface area (Å²) in [4.78, 5) is 23.7. The largest absolute Gasteiger partial charge is 0.449 e. The van der Waals surface area contributed by atoms with Crippen molar-refractivity contribution in [2.45, 2.75) is 46.0 Å². The summed E-state index contributed by atoms with van der Waals surface area (Å²) in [6.45, 7) is 4.93. The number of anilines is 2. The molecule has 0 aliphatic heterocycles. The van der Waals surface area contributed by atoms with Gasteiger partial charge in [-0.05, 0) is 48.6 Å². The van der Waals surface area contributed by atoms with Crippen LogP contribution in [-0.4, -0.2) is 25.4 Å². The van der Waals surface area contributed by atoms with Crippen molar-refractivity contribution in [1.82, 2.24) is 0 Å². The highest BCUT2D eigenvalue weighted by molar-refractivity contribution is 5.86. The lowest BCUT2D eigenvalue weighted by Gasteiger charge is -2.12. The number of benzene rings is 2. The third-order valence-corrected chi connectivity index (χ3v) is 4.31. The summed E-state index contributed by atoms with van der Waals surface area (Å²) in [6.07, 6.45) is 3.43. The summed E-state index contributed by atoms with van der Waals surface area (Å²) < 4.78 is 10.3. The number of ether oxygens (including phenoxy) is 2. The van der Waals surface area contributed by atoms with Crippen molar-refractivity contribution in [1.29, 1.82) is 0 Å². The maximum atomic E-state index is 11.9. The van der Waals surface area contributed by atoms with Gasteiger partial charge in [-0.3, -0.25) is 10.6 Å². The minimum Gasteiger partial charge on any atom is -0.449 e. The molecule has 0 atom stereocenters. The van der Waals surface area contributed by atoms with Crippen LogP contribution in [0.15, 0.2) is 48.5 Å². The Kier molecular flexibility index (Phi) is 9.55. The molecule has 6 nitrogen and oxygen atoms in total. The summed E-state index contributed by atoms with van der Waals surface area (Å²) in [7, 11) is 0. The predicted octanol–water partition coefficient (Wildman–Crippen LogP) is 5.97. The van der Waals surface area contributed by atoms with E-state index < -0.39 is 12.2 Å². The molecule has 0 aromatic heterocycles. The maximum Gasteiger partial charge on any atom is 0.411 e. The third-order valence-electron chi connectivity index (χ3n) is 4.31. The summed E-state index contributed by atoms with van der Waals surface area (Å²) in [6, 6.07) is 15.2. The molecule has 0 saturated heterocycles. The fourth-order valence-corrected chi connectivity index (χ4v) is 2.64. The van der Waals surface area contributed by atoms with E-state index in [1.54, 1.807) is 0 Å². The van der Waals surface area contributed by atoms with Crippen LogP contribution in [0.4, 0.5) is 21.0 Å². The molecule has 0 bridgehead atoms. The molecule has 0 unspecified atom stereocenters. The van der Waals surface area contributed by atoms with Crippen LogP contribution >= 0.6 is 0 Å². The Balaban J connectivity index is 1.93. The highest BCUT2D eigenvalue weighted by atomic mass is 16.6. The van der Waals surface area contributed by atoms with E-state index in [9.17, 15) is 9.59 Å². The van der Waals surface area contributed by atoms with Crippen molar-refractivity contribution in [2.24, 2.45) is 0 Å². The minimum atomic E-state index is -0.442. The average Bonchev–Trinajstić information content (AvgIpc) is 2.71. The Morgan fingerprint density at radius 1 is 0.793 bits per heavy atom. The molecule has 0 fully saturated rings. The molecular formula is C23H30N2O4. The van der Waals surface area contributed by atoms with Crippen LogP contribution in [0.5, 0.6) is 0 Å². The number of hydrogen-bond donors (Lipinski definition) is 2. The first-order valence-corrected chi connectivity index (χ1v) is 10.2. The first kappa shape index (κ1) is 22.3. The number of rotatable bonds is 10. The number of para-hydroxylation sites is 1. The molecule has 0 radical (unpaired) electrons. The Hall–Kier alpha value is -3.02. The van der Waals surface area contributed by atoms with Gasteiger partial charge in [0.2, 0.25) is 0 Å². The second-order valence-electron chi connectivity index (χ2n) is 6.76.